The Morgan fingerprint density at radius 2 is 2.31 bits per heavy atom. The Balaban J connectivity index is 2.31. The molecule has 0 saturated carbocycles. The number of amides is 1. The van der Waals surface area contributed by atoms with Crippen LogP contribution >= 0.6 is 0 Å². The molecule has 1 amide bonds. The van der Waals surface area contributed by atoms with E-state index in [2.05, 4.69) is 5.32 Å². The van der Waals surface area contributed by atoms with Gasteiger partial charge in [-0.1, -0.05) is 0 Å². The van der Waals surface area contributed by atoms with Gasteiger partial charge in [0.1, 0.15) is 0 Å². The van der Waals surface area contributed by atoms with Crippen LogP contribution in [0.5, 0.6) is 0 Å². The van der Waals surface area contributed by atoms with Gasteiger partial charge < -0.3 is 14.8 Å². The maximum absolute atomic E-state index is 11.1. The minimum atomic E-state index is -0.945. The number of hydrogen-bond acceptors (Lipinski definition) is 3. The van der Waals surface area contributed by atoms with Crippen molar-refractivity contribution in [3.63, 3.8) is 0 Å². The average Bonchev–Trinajstić information content (AvgIpc) is 2.55. The van der Waals surface area contributed by atoms with E-state index in [9.17, 15) is 9.59 Å². The van der Waals surface area contributed by atoms with Crippen LogP contribution in [0.4, 0.5) is 0 Å². The second kappa shape index (κ2) is 4.30. The van der Waals surface area contributed by atoms with Gasteiger partial charge in [0.05, 0.1) is 12.7 Å². The van der Waals surface area contributed by atoms with Gasteiger partial charge in [0.15, 0.2) is 5.76 Å². The molecule has 0 spiro atoms. The summed E-state index contributed by atoms with van der Waals surface area (Å²) in [6, 6.07) is 3.10. The second-order valence-corrected chi connectivity index (χ2v) is 2.38. The fourth-order valence-electron chi connectivity index (χ4n) is 0.778. The third-order valence-electron chi connectivity index (χ3n) is 1.37. The molecule has 0 fully saturated rings. The van der Waals surface area contributed by atoms with Crippen LogP contribution in [0.3, 0.4) is 0 Å². The fourth-order valence-corrected chi connectivity index (χ4v) is 0.778. The van der Waals surface area contributed by atoms with Gasteiger partial charge in [0.25, 0.3) is 5.91 Å². The van der Waals surface area contributed by atoms with E-state index in [0.717, 1.165) is 0 Å². The van der Waals surface area contributed by atoms with Gasteiger partial charge in [0, 0.05) is 6.54 Å². The molecule has 70 valence electrons. The van der Waals surface area contributed by atoms with E-state index in [0.29, 0.717) is 0 Å². The summed E-state index contributed by atoms with van der Waals surface area (Å²) in [5, 5.41) is 10.7. The summed E-state index contributed by atoms with van der Waals surface area (Å²) in [5.41, 5.74) is 0. The number of carboxylic acids is 1. The summed E-state index contributed by atoms with van der Waals surface area (Å²) in [5.74, 6) is -1.16. The lowest BCUT2D eigenvalue weighted by molar-refractivity contribution is -0.136. The predicted molar refractivity (Wildman–Crippen MR) is 43.3 cm³/mol. The molecule has 0 bridgehead atoms. The largest absolute Gasteiger partial charge is 0.481 e. The van der Waals surface area contributed by atoms with Gasteiger partial charge in [-0.05, 0) is 12.1 Å². The van der Waals surface area contributed by atoms with Crippen LogP contribution in [0.25, 0.3) is 0 Å². The minimum Gasteiger partial charge on any atom is -0.481 e. The van der Waals surface area contributed by atoms with Crippen molar-refractivity contribution in [3.05, 3.63) is 24.2 Å². The van der Waals surface area contributed by atoms with E-state index in [1.807, 2.05) is 0 Å². The highest BCUT2D eigenvalue weighted by Crippen LogP contribution is 1.98. The maximum Gasteiger partial charge on any atom is 0.305 e. The Labute approximate surface area is 74.4 Å². The molecular weight excluding hydrogens is 174 g/mol. The van der Waals surface area contributed by atoms with Crippen molar-refractivity contribution in [2.24, 2.45) is 0 Å². The molecule has 13 heavy (non-hydrogen) atoms. The number of carbonyl (C=O) groups excluding carboxylic acids is 1. The summed E-state index contributed by atoms with van der Waals surface area (Å²) in [7, 11) is 0. The van der Waals surface area contributed by atoms with Crippen LogP contribution in [-0.2, 0) is 4.79 Å². The average molecular weight is 183 g/mol. The minimum absolute atomic E-state index is 0.0908. The van der Waals surface area contributed by atoms with Gasteiger partial charge >= 0.3 is 5.97 Å². The molecule has 1 aromatic rings. The van der Waals surface area contributed by atoms with Gasteiger partial charge in [-0.2, -0.15) is 0 Å². The highest BCUT2D eigenvalue weighted by Gasteiger charge is 2.07. The fraction of sp³-hybridized carbons (Fsp3) is 0.250. The quantitative estimate of drug-likeness (QED) is 0.711. The molecule has 1 aromatic heterocycles. The first kappa shape index (κ1) is 9.31. The van der Waals surface area contributed by atoms with E-state index in [1.165, 1.54) is 12.3 Å². The smallest absolute Gasteiger partial charge is 0.305 e. The molecule has 0 aliphatic carbocycles. The van der Waals surface area contributed by atoms with Crippen LogP contribution in [-0.4, -0.2) is 23.5 Å². The summed E-state index contributed by atoms with van der Waals surface area (Å²) in [6.45, 7) is 0.106. The van der Waals surface area contributed by atoms with Crippen LogP contribution in [0.2, 0.25) is 0 Å². The first-order chi connectivity index (χ1) is 6.20. The highest BCUT2D eigenvalue weighted by molar-refractivity contribution is 5.91. The molecule has 0 aliphatic rings. The summed E-state index contributed by atoms with van der Waals surface area (Å²) in [4.78, 5) is 21.2. The van der Waals surface area contributed by atoms with E-state index >= 15 is 0 Å². The second-order valence-electron chi connectivity index (χ2n) is 2.38. The standard InChI is InChI=1S/C8H9NO4/c10-7(11)3-4-9-8(12)6-2-1-5-13-6/h1-2,5H,3-4H2,(H,9,12)(H,10,11). The third kappa shape index (κ3) is 2.98. The first-order valence-corrected chi connectivity index (χ1v) is 3.73. The zero-order valence-corrected chi connectivity index (χ0v) is 6.82. The van der Waals surface area contributed by atoms with E-state index in [1.54, 1.807) is 6.07 Å². The molecule has 1 rings (SSSR count). The maximum atomic E-state index is 11.1. The Morgan fingerprint density at radius 1 is 1.54 bits per heavy atom. The topological polar surface area (TPSA) is 79.5 Å². The SMILES string of the molecule is O=C(O)CCNC(=O)c1ccco1. The number of aliphatic carboxylic acids is 1. The Morgan fingerprint density at radius 3 is 2.85 bits per heavy atom. The van der Waals surface area contributed by atoms with Crippen molar-refractivity contribution in [3.8, 4) is 0 Å². The van der Waals surface area contributed by atoms with E-state index in [4.69, 9.17) is 9.52 Å². The van der Waals surface area contributed by atoms with Crippen molar-refractivity contribution in [2.45, 2.75) is 6.42 Å². The number of nitrogens with one attached hydrogen (secondary N) is 1. The van der Waals surface area contributed by atoms with E-state index in [-0.39, 0.29) is 18.7 Å². The summed E-state index contributed by atoms with van der Waals surface area (Å²) >= 11 is 0. The molecule has 5 nitrogen and oxygen atoms in total. The number of carbonyl (C=O) groups is 2. The monoisotopic (exact) mass is 183 g/mol. The number of rotatable bonds is 4. The van der Waals surface area contributed by atoms with Crippen LogP contribution < -0.4 is 5.32 Å². The number of carboxylic acid groups (broad SMARTS) is 1. The predicted octanol–water partition coefficient (Wildman–Crippen LogP) is 0.484. The Hall–Kier alpha value is -1.78. The van der Waals surface area contributed by atoms with Crippen molar-refractivity contribution < 1.29 is 19.1 Å². The Kier molecular flexibility index (Phi) is 3.08. The molecule has 2 N–H and O–H groups in total. The normalized spacial score (nSPS) is 9.54. The lowest BCUT2D eigenvalue weighted by Crippen LogP contribution is -2.25. The van der Waals surface area contributed by atoms with Gasteiger partial charge in [-0.15, -0.1) is 0 Å². The molecule has 0 aliphatic heterocycles. The third-order valence-corrected chi connectivity index (χ3v) is 1.37. The highest BCUT2D eigenvalue weighted by atomic mass is 16.4. The molecule has 5 heteroatoms. The van der Waals surface area contributed by atoms with Crippen LogP contribution in [0.15, 0.2) is 22.8 Å². The lowest BCUT2D eigenvalue weighted by Gasteiger charge is -1.99. The summed E-state index contributed by atoms with van der Waals surface area (Å²) < 4.78 is 4.79. The van der Waals surface area contributed by atoms with Crippen LogP contribution in [0, 0.1) is 0 Å². The van der Waals surface area contributed by atoms with Crippen molar-refractivity contribution in [2.75, 3.05) is 6.54 Å². The van der Waals surface area contributed by atoms with Crippen molar-refractivity contribution >= 4 is 11.9 Å². The molecule has 0 saturated heterocycles. The first-order valence-electron chi connectivity index (χ1n) is 3.73. The van der Waals surface area contributed by atoms with E-state index < -0.39 is 11.9 Å². The molecule has 0 radical (unpaired) electrons. The lowest BCUT2D eigenvalue weighted by atomic mass is 10.4. The number of furan rings is 1. The molecular formula is C8H9NO4. The molecule has 0 aromatic carbocycles. The zero-order chi connectivity index (χ0) is 9.68. The van der Waals surface area contributed by atoms with Crippen molar-refractivity contribution in [1.82, 2.24) is 5.32 Å². The zero-order valence-electron chi connectivity index (χ0n) is 6.82. The van der Waals surface area contributed by atoms with Crippen LogP contribution in [0.1, 0.15) is 17.0 Å². The summed E-state index contributed by atoms with van der Waals surface area (Å²) in [6.07, 6.45) is 1.29. The van der Waals surface area contributed by atoms with Gasteiger partial charge in [-0.3, -0.25) is 9.59 Å². The molecule has 0 unspecified atom stereocenters. The number of hydrogen-bond donors (Lipinski definition) is 2. The van der Waals surface area contributed by atoms with Gasteiger partial charge in [-0.25, -0.2) is 0 Å². The Bertz CT molecular complexity index is 291. The van der Waals surface area contributed by atoms with Gasteiger partial charge in [0.2, 0.25) is 0 Å². The molecule has 1 heterocycles. The van der Waals surface area contributed by atoms with Crippen molar-refractivity contribution in [1.29, 1.82) is 0 Å². The molecule has 0 atom stereocenters.